The summed E-state index contributed by atoms with van der Waals surface area (Å²) in [4.78, 5) is 17.8. The Morgan fingerprint density at radius 2 is 1.97 bits per heavy atom. The quantitative estimate of drug-likeness (QED) is 0.562. The highest BCUT2D eigenvalue weighted by Crippen LogP contribution is 2.36. The Labute approximate surface area is 180 Å². The molecule has 2 aromatic heterocycles. The fourth-order valence-corrected chi connectivity index (χ4v) is 3.68. The van der Waals surface area contributed by atoms with Crippen molar-refractivity contribution in [1.29, 1.82) is 0 Å². The van der Waals surface area contributed by atoms with Crippen LogP contribution in [0.3, 0.4) is 0 Å². The van der Waals surface area contributed by atoms with E-state index in [2.05, 4.69) is 21.4 Å². The molecule has 8 nitrogen and oxygen atoms in total. The summed E-state index contributed by atoms with van der Waals surface area (Å²) in [6, 6.07) is 6.71. The molecule has 32 heavy (non-hydrogen) atoms. The molecule has 3 aromatic rings. The number of amides is 1. The summed E-state index contributed by atoms with van der Waals surface area (Å²) in [7, 11) is 0. The van der Waals surface area contributed by atoms with Gasteiger partial charge in [0.1, 0.15) is 11.9 Å². The van der Waals surface area contributed by atoms with Gasteiger partial charge in [-0.15, -0.1) is 13.2 Å². The van der Waals surface area contributed by atoms with Crippen LogP contribution in [0.15, 0.2) is 49.2 Å². The zero-order valence-corrected chi connectivity index (χ0v) is 16.7. The van der Waals surface area contributed by atoms with Crippen LogP contribution in [0.1, 0.15) is 23.3 Å². The Hall–Kier alpha value is -3.44. The maximum absolute atomic E-state index is 12.5. The van der Waals surface area contributed by atoms with Crippen molar-refractivity contribution >= 4 is 16.9 Å². The van der Waals surface area contributed by atoms with Crippen molar-refractivity contribution in [2.24, 2.45) is 0 Å². The number of likely N-dealkylation sites (tertiary alicyclic amines) is 1. The number of hydrogen-bond donors (Lipinski definition) is 2. The van der Waals surface area contributed by atoms with E-state index in [0.717, 1.165) is 12.1 Å². The Bertz CT molecular complexity index is 1150. The highest BCUT2D eigenvalue weighted by atomic mass is 19.4. The van der Waals surface area contributed by atoms with Gasteiger partial charge in [-0.05, 0) is 42.0 Å². The van der Waals surface area contributed by atoms with E-state index in [9.17, 15) is 28.2 Å². The van der Waals surface area contributed by atoms with Gasteiger partial charge in [0.25, 0.3) is 0 Å². The molecular weight excluding hydrogens is 429 g/mol. The van der Waals surface area contributed by atoms with E-state index >= 15 is 0 Å². The molecule has 1 saturated heterocycles. The molecule has 1 unspecified atom stereocenters. The zero-order valence-electron chi connectivity index (χ0n) is 16.7. The van der Waals surface area contributed by atoms with Crippen LogP contribution in [0.25, 0.3) is 16.7 Å². The van der Waals surface area contributed by atoms with E-state index in [1.807, 2.05) is 0 Å². The lowest BCUT2D eigenvalue weighted by Gasteiger charge is -2.38. The van der Waals surface area contributed by atoms with Crippen LogP contribution in [0.5, 0.6) is 5.75 Å². The number of fused-ring (bicyclic) bond motifs is 1. The first-order valence-electron chi connectivity index (χ1n) is 9.65. The predicted molar refractivity (Wildman–Crippen MR) is 107 cm³/mol. The average molecular weight is 448 g/mol. The standard InChI is InChI=1S/C21H19F3N4O4/c1-2-17(31)27-9-12(10-27)19-18-15(16(30)11-29)7-8-25-20(18)28(26-19)13-3-5-14(6-4-13)32-21(22,23)24/h2-8,12,16,29-30H,1,9-11H2. The summed E-state index contributed by atoms with van der Waals surface area (Å²) < 4.78 is 42.7. The minimum Gasteiger partial charge on any atom is -0.406 e. The first-order valence-corrected chi connectivity index (χ1v) is 9.65. The molecule has 1 atom stereocenters. The molecule has 1 aliphatic heterocycles. The number of pyridine rings is 1. The second-order valence-corrected chi connectivity index (χ2v) is 7.28. The number of carbonyl (C=O) groups excluding carboxylic acids is 1. The second-order valence-electron chi connectivity index (χ2n) is 7.28. The molecule has 1 aromatic carbocycles. The summed E-state index contributed by atoms with van der Waals surface area (Å²) in [5, 5.41) is 24.9. The first-order chi connectivity index (χ1) is 15.2. The molecule has 2 N–H and O–H groups in total. The number of carbonyl (C=O) groups is 1. The van der Waals surface area contributed by atoms with Crippen molar-refractivity contribution in [3.8, 4) is 11.4 Å². The lowest BCUT2D eigenvalue weighted by atomic mass is 9.92. The summed E-state index contributed by atoms with van der Waals surface area (Å²) in [6.07, 6.45) is -3.30. The van der Waals surface area contributed by atoms with Gasteiger partial charge >= 0.3 is 6.36 Å². The highest BCUT2D eigenvalue weighted by molar-refractivity contribution is 5.89. The van der Waals surface area contributed by atoms with Crippen LogP contribution in [0.4, 0.5) is 13.2 Å². The van der Waals surface area contributed by atoms with Crippen LogP contribution in [-0.2, 0) is 4.79 Å². The number of ether oxygens (including phenoxy) is 1. The van der Waals surface area contributed by atoms with Crippen molar-refractivity contribution in [3.63, 3.8) is 0 Å². The molecule has 1 aliphatic rings. The highest BCUT2D eigenvalue weighted by Gasteiger charge is 2.35. The molecular formula is C21H19F3N4O4. The summed E-state index contributed by atoms with van der Waals surface area (Å²) >= 11 is 0. The topological polar surface area (TPSA) is 101 Å². The lowest BCUT2D eigenvalue weighted by molar-refractivity contribution is -0.274. The second kappa shape index (κ2) is 8.24. The SMILES string of the molecule is C=CC(=O)N1CC(c2nn(-c3ccc(OC(F)(F)F)cc3)c3nccc(C(O)CO)c23)C1. The van der Waals surface area contributed by atoms with Gasteiger partial charge in [0.05, 0.1) is 18.0 Å². The van der Waals surface area contributed by atoms with Crippen LogP contribution in [0, 0.1) is 0 Å². The van der Waals surface area contributed by atoms with E-state index in [1.165, 1.54) is 29.1 Å². The van der Waals surface area contributed by atoms with E-state index in [-0.39, 0.29) is 17.6 Å². The summed E-state index contributed by atoms with van der Waals surface area (Å²) in [6.45, 7) is 3.73. The van der Waals surface area contributed by atoms with E-state index in [4.69, 9.17) is 0 Å². The summed E-state index contributed by atoms with van der Waals surface area (Å²) in [5.41, 5.74) is 1.78. The fraction of sp³-hybridized carbons (Fsp3) is 0.286. The third-order valence-electron chi connectivity index (χ3n) is 5.23. The third-order valence-corrected chi connectivity index (χ3v) is 5.23. The van der Waals surface area contributed by atoms with Crippen molar-refractivity contribution in [3.05, 3.63) is 60.4 Å². The Morgan fingerprint density at radius 1 is 1.28 bits per heavy atom. The number of nitrogens with zero attached hydrogens (tertiary/aromatic N) is 4. The van der Waals surface area contributed by atoms with Gasteiger partial charge in [0.2, 0.25) is 5.91 Å². The minimum absolute atomic E-state index is 0.149. The van der Waals surface area contributed by atoms with E-state index in [1.54, 1.807) is 11.0 Å². The molecule has 0 radical (unpaired) electrons. The van der Waals surface area contributed by atoms with Gasteiger partial charge in [0, 0.05) is 30.6 Å². The monoisotopic (exact) mass is 448 g/mol. The maximum atomic E-state index is 12.5. The number of alkyl halides is 3. The lowest BCUT2D eigenvalue weighted by Crippen LogP contribution is -2.48. The number of rotatable bonds is 6. The van der Waals surface area contributed by atoms with Gasteiger partial charge in [-0.25, -0.2) is 9.67 Å². The zero-order chi connectivity index (χ0) is 23.0. The maximum Gasteiger partial charge on any atom is 0.573 e. The minimum atomic E-state index is -4.80. The molecule has 0 spiro atoms. The van der Waals surface area contributed by atoms with E-state index in [0.29, 0.717) is 41.1 Å². The molecule has 11 heteroatoms. The molecule has 4 rings (SSSR count). The van der Waals surface area contributed by atoms with Crippen LogP contribution < -0.4 is 4.74 Å². The molecule has 0 saturated carbocycles. The van der Waals surface area contributed by atoms with Crippen LogP contribution in [-0.4, -0.2) is 61.8 Å². The Kier molecular flexibility index (Phi) is 5.61. The number of halogens is 3. The third kappa shape index (κ3) is 4.04. The fourth-order valence-electron chi connectivity index (χ4n) is 3.68. The van der Waals surface area contributed by atoms with Crippen LogP contribution in [0.2, 0.25) is 0 Å². The summed E-state index contributed by atoms with van der Waals surface area (Å²) in [5.74, 6) is -0.733. The van der Waals surface area contributed by atoms with Gasteiger partial charge in [-0.1, -0.05) is 6.58 Å². The average Bonchev–Trinajstić information content (AvgIpc) is 3.11. The number of hydrogen-bond acceptors (Lipinski definition) is 6. The van der Waals surface area contributed by atoms with Crippen molar-refractivity contribution in [2.75, 3.05) is 19.7 Å². The van der Waals surface area contributed by atoms with Crippen molar-refractivity contribution in [2.45, 2.75) is 18.4 Å². The number of benzene rings is 1. The van der Waals surface area contributed by atoms with Gasteiger partial charge in [-0.3, -0.25) is 4.79 Å². The molecule has 0 aliphatic carbocycles. The first kappa shape index (κ1) is 21.8. The molecule has 0 bridgehead atoms. The Morgan fingerprint density at radius 3 is 2.56 bits per heavy atom. The van der Waals surface area contributed by atoms with Crippen molar-refractivity contribution in [1.82, 2.24) is 19.7 Å². The molecule has 168 valence electrons. The number of aromatic nitrogens is 3. The van der Waals surface area contributed by atoms with Crippen LogP contribution >= 0.6 is 0 Å². The van der Waals surface area contributed by atoms with Gasteiger partial charge in [0.15, 0.2) is 5.65 Å². The predicted octanol–water partition coefficient (Wildman–Crippen LogP) is 2.46. The number of aliphatic hydroxyl groups excluding tert-OH is 2. The van der Waals surface area contributed by atoms with Gasteiger partial charge < -0.3 is 19.8 Å². The van der Waals surface area contributed by atoms with Crippen molar-refractivity contribution < 1.29 is 32.9 Å². The Balaban J connectivity index is 1.77. The van der Waals surface area contributed by atoms with Gasteiger partial charge in [-0.2, -0.15) is 5.10 Å². The number of aliphatic hydroxyl groups is 2. The molecule has 3 heterocycles. The molecule has 1 fully saturated rings. The smallest absolute Gasteiger partial charge is 0.406 e. The molecule has 1 amide bonds. The normalized spacial score (nSPS) is 15.5. The van der Waals surface area contributed by atoms with E-state index < -0.39 is 19.1 Å². The largest absolute Gasteiger partial charge is 0.573 e.